The van der Waals surface area contributed by atoms with Crippen LogP contribution in [0.25, 0.3) is 0 Å². The fourth-order valence-electron chi connectivity index (χ4n) is 0.697. The highest BCUT2D eigenvalue weighted by Gasteiger charge is 2.02. The molecular weight excluding hydrogens is 152 g/mol. The zero-order valence-electron chi connectivity index (χ0n) is 4.28. The minimum absolute atomic E-state index is 1.14. The molecule has 0 aliphatic heterocycles. The van der Waals surface area contributed by atoms with Crippen LogP contribution in [-0.2, 0) is 0 Å². The van der Waals surface area contributed by atoms with Crippen molar-refractivity contribution in [2.75, 3.05) is 5.33 Å². The van der Waals surface area contributed by atoms with Crippen molar-refractivity contribution in [1.82, 2.24) is 0 Å². The van der Waals surface area contributed by atoms with Gasteiger partial charge in [-0.25, -0.2) is 0 Å². The van der Waals surface area contributed by atoms with Gasteiger partial charge < -0.3 is 0 Å². The van der Waals surface area contributed by atoms with Gasteiger partial charge in [0.2, 0.25) is 0 Å². The van der Waals surface area contributed by atoms with Gasteiger partial charge in [0.25, 0.3) is 0 Å². The summed E-state index contributed by atoms with van der Waals surface area (Å²) in [6.45, 7) is 0. The second-order valence-electron chi connectivity index (χ2n) is 1.84. The molecule has 0 aromatic heterocycles. The van der Waals surface area contributed by atoms with E-state index in [2.05, 4.69) is 22.0 Å². The van der Waals surface area contributed by atoms with Crippen molar-refractivity contribution >= 4 is 15.9 Å². The molecule has 0 atom stereocenters. The van der Waals surface area contributed by atoms with E-state index in [-0.39, 0.29) is 0 Å². The van der Waals surface area contributed by atoms with Gasteiger partial charge in [-0.15, -0.1) is 0 Å². The Morgan fingerprint density at radius 1 is 1.71 bits per heavy atom. The Morgan fingerprint density at radius 2 is 2.43 bits per heavy atom. The molecule has 0 bridgehead atoms. The van der Waals surface area contributed by atoms with Crippen LogP contribution in [0.1, 0.15) is 19.3 Å². The van der Waals surface area contributed by atoms with Crippen LogP contribution < -0.4 is 0 Å². The summed E-state index contributed by atoms with van der Waals surface area (Å²) in [6.07, 6.45) is 6.26. The van der Waals surface area contributed by atoms with E-state index in [1.54, 1.807) is 5.57 Å². The highest BCUT2D eigenvalue weighted by atomic mass is 79.9. The molecule has 0 spiro atoms. The van der Waals surface area contributed by atoms with Crippen molar-refractivity contribution < 1.29 is 0 Å². The van der Waals surface area contributed by atoms with Crippen LogP contribution in [0.2, 0.25) is 0 Å². The van der Waals surface area contributed by atoms with E-state index in [0.717, 1.165) is 5.33 Å². The highest BCUT2D eigenvalue weighted by Crippen LogP contribution is 2.21. The van der Waals surface area contributed by atoms with Gasteiger partial charge in [0.05, 0.1) is 0 Å². The molecular formula is C6H9Br. The zero-order valence-corrected chi connectivity index (χ0v) is 5.87. The Morgan fingerprint density at radius 3 is 2.57 bits per heavy atom. The maximum atomic E-state index is 3.38. The Kier molecular flexibility index (Phi) is 1.92. The van der Waals surface area contributed by atoms with Gasteiger partial charge >= 0.3 is 0 Å². The molecule has 1 aliphatic rings. The first-order valence-corrected chi connectivity index (χ1v) is 3.79. The fourth-order valence-corrected chi connectivity index (χ4v) is 1.21. The topological polar surface area (TPSA) is 0 Å². The van der Waals surface area contributed by atoms with E-state index in [1.807, 2.05) is 0 Å². The van der Waals surface area contributed by atoms with Crippen molar-refractivity contribution in [2.24, 2.45) is 0 Å². The van der Waals surface area contributed by atoms with Crippen LogP contribution in [0.3, 0.4) is 0 Å². The fraction of sp³-hybridized carbons (Fsp3) is 0.667. The lowest BCUT2D eigenvalue weighted by atomic mass is 9.97. The lowest BCUT2D eigenvalue weighted by Crippen LogP contribution is -1.93. The average Bonchev–Trinajstić information content (AvgIpc) is 1.55. The Labute approximate surface area is 52.7 Å². The molecule has 1 aliphatic carbocycles. The third-order valence-electron chi connectivity index (χ3n) is 1.31. The molecule has 0 nitrogen and oxygen atoms in total. The summed E-state index contributed by atoms with van der Waals surface area (Å²) < 4.78 is 0. The molecule has 7 heavy (non-hydrogen) atoms. The first-order valence-electron chi connectivity index (χ1n) is 2.67. The smallest absolute Gasteiger partial charge is 0.00685 e. The average molecular weight is 161 g/mol. The largest absolute Gasteiger partial charge is 0.0925 e. The Bertz CT molecular complexity index is 84.2. The Balaban J connectivity index is 2.15. The van der Waals surface area contributed by atoms with Crippen LogP contribution in [-0.4, -0.2) is 5.33 Å². The van der Waals surface area contributed by atoms with Gasteiger partial charge in [-0.2, -0.15) is 0 Å². The SMILES string of the molecule is BrCCC1=CCC1. The molecule has 1 heteroatoms. The molecule has 40 valence electrons. The Hall–Kier alpha value is 0.220. The molecule has 0 aromatic rings. The van der Waals surface area contributed by atoms with E-state index in [9.17, 15) is 0 Å². The van der Waals surface area contributed by atoms with Crippen LogP contribution in [0.5, 0.6) is 0 Å². The lowest BCUT2D eigenvalue weighted by molar-refractivity contribution is 0.822. The van der Waals surface area contributed by atoms with Gasteiger partial charge in [-0.05, 0) is 19.3 Å². The van der Waals surface area contributed by atoms with Crippen molar-refractivity contribution in [3.05, 3.63) is 11.6 Å². The number of halogens is 1. The minimum Gasteiger partial charge on any atom is -0.0925 e. The highest BCUT2D eigenvalue weighted by molar-refractivity contribution is 9.09. The van der Waals surface area contributed by atoms with Crippen LogP contribution in [0.4, 0.5) is 0 Å². The molecule has 0 unspecified atom stereocenters. The molecule has 0 saturated carbocycles. The van der Waals surface area contributed by atoms with E-state index in [1.165, 1.54) is 19.3 Å². The van der Waals surface area contributed by atoms with E-state index in [4.69, 9.17) is 0 Å². The number of rotatable bonds is 2. The minimum atomic E-state index is 1.14. The summed E-state index contributed by atoms with van der Waals surface area (Å²) >= 11 is 3.38. The van der Waals surface area contributed by atoms with Crippen LogP contribution >= 0.6 is 15.9 Å². The summed E-state index contributed by atoms with van der Waals surface area (Å²) in [7, 11) is 0. The monoisotopic (exact) mass is 160 g/mol. The maximum Gasteiger partial charge on any atom is 0.00685 e. The number of hydrogen-bond donors (Lipinski definition) is 0. The maximum absolute atomic E-state index is 3.38. The third-order valence-corrected chi connectivity index (χ3v) is 1.71. The molecule has 0 radical (unpaired) electrons. The summed E-state index contributed by atoms with van der Waals surface area (Å²) in [5.41, 5.74) is 1.64. The molecule has 1 rings (SSSR count). The molecule has 0 amide bonds. The van der Waals surface area contributed by atoms with E-state index < -0.39 is 0 Å². The van der Waals surface area contributed by atoms with Gasteiger partial charge in [0, 0.05) is 5.33 Å². The molecule has 0 saturated heterocycles. The number of allylic oxidation sites excluding steroid dienone is 2. The quantitative estimate of drug-likeness (QED) is 0.431. The predicted octanol–water partition coefficient (Wildman–Crippen LogP) is 2.49. The van der Waals surface area contributed by atoms with Crippen molar-refractivity contribution in [3.8, 4) is 0 Å². The second-order valence-corrected chi connectivity index (χ2v) is 2.63. The standard InChI is InChI=1S/C6H9Br/c7-5-4-6-2-1-3-6/h2H,1,3-5H2. The number of hydrogen-bond acceptors (Lipinski definition) is 0. The molecule has 0 heterocycles. The first kappa shape index (κ1) is 5.36. The van der Waals surface area contributed by atoms with Crippen molar-refractivity contribution in [2.45, 2.75) is 19.3 Å². The molecule has 0 aromatic carbocycles. The van der Waals surface area contributed by atoms with Crippen molar-refractivity contribution in [1.29, 1.82) is 0 Å². The second kappa shape index (κ2) is 2.51. The molecule has 0 fully saturated rings. The van der Waals surface area contributed by atoms with Crippen LogP contribution in [0, 0.1) is 0 Å². The van der Waals surface area contributed by atoms with E-state index in [0.29, 0.717) is 0 Å². The zero-order chi connectivity index (χ0) is 5.11. The first-order chi connectivity index (χ1) is 3.43. The van der Waals surface area contributed by atoms with Gasteiger partial charge in [-0.1, -0.05) is 27.6 Å². The van der Waals surface area contributed by atoms with E-state index >= 15 is 0 Å². The summed E-state index contributed by atoms with van der Waals surface area (Å²) in [4.78, 5) is 0. The summed E-state index contributed by atoms with van der Waals surface area (Å²) in [5.74, 6) is 0. The van der Waals surface area contributed by atoms with Gasteiger partial charge in [-0.3, -0.25) is 0 Å². The van der Waals surface area contributed by atoms with Crippen molar-refractivity contribution in [3.63, 3.8) is 0 Å². The van der Waals surface area contributed by atoms with Gasteiger partial charge in [0.15, 0.2) is 0 Å². The third kappa shape index (κ3) is 1.30. The molecule has 0 N–H and O–H groups in total. The summed E-state index contributed by atoms with van der Waals surface area (Å²) in [6, 6.07) is 0. The van der Waals surface area contributed by atoms with Crippen LogP contribution in [0.15, 0.2) is 11.6 Å². The predicted molar refractivity (Wildman–Crippen MR) is 35.7 cm³/mol. The van der Waals surface area contributed by atoms with Gasteiger partial charge in [0.1, 0.15) is 0 Å². The lowest BCUT2D eigenvalue weighted by Gasteiger charge is -2.11. The summed E-state index contributed by atoms with van der Waals surface area (Å²) in [5, 5.41) is 1.14. The number of alkyl halides is 1. The normalized spacial score (nSPS) is 18.1.